The molecule has 5 heteroatoms. The number of benzene rings is 2. The van der Waals surface area contributed by atoms with Gasteiger partial charge in [-0.25, -0.2) is 4.98 Å². The number of hydrogen-bond donors (Lipinski definition) is 2. The number of halogens is 1. The van der Waals surface area contributed by atoms with Crippen molar-refractivity contribution in [2.24, 2.45) is 0 Å². The molecule has 0 saturated carbocycles. The summed E-state index contributed by atoms with van der Waals surface area (Å²) in [5, 5.41) is 12.8. The second-order valence-corrected chi connectivity index (χ2v) is 6.02. The maximum absolute atomic E-state index is 4.73. The molecule has 21 heavy (non-hydrogen) atoms. The minimum atomic E-state index is 0.794. The SMILES string of the molecule is Ic1ccc2nc(Nc3ccccc3)c3[nH]ncc3c2c1. The topological polar surface area (TPSA) is 53.6 Å². The van der Waals surface area contributed by atoms with Gasteiger partial charge >= 0.3 is 0 Å². The van der Waals surface area contributed by atoms with Crippen molar-refractivity contribution in [1.29, 1.82) is 0 Å². The Hall–Kier alpha value is -2.15. The molecule has 0 fully saturated rings. The van der Waals surface area contributed by atoms with E-state index in [1.54, 1.807) is 0 Å². The monoisotopic (exact) mass is 386 g/mol. The van der Waals surface area contributed by atoms with E-state index in [1.165, 1.54) is 3.57 Å². The number of H-pyrrole nitrogens is 1. The van der Waals surface area contributed by atoms with Crippen LogP contribution in [-0.4, -0.2) is 15.2 Å². The largest absolute Gasteiger partial charge is 0.338 e. The quantitative estimate of drug-likeness (QED) is 0.501. The number of fused-ring (bicyclic) bond motifs is 3. The van der Waals surface area contributed by atoms with Gasteiger partial charge in [0.05, 0.1) is 11.7 Å². The Kier molecular flexibility index (Phi) is 2.99. The number of nitrogens with zero attached hydrogens (tertiary/aromatic N) is 2. The average Bonchev–Trinajstić information content (AvgIpc) is 2.99. The lowest BCUT2D eigenvalue weighted by Crippen LogP contribution is -1.95. The number of para-hydroxylation sites is 1. The molecule has 0 radical (unpaired) electrons. The van der Waals surface area contributed by atoms with E-state index < -0.39 is 0 Å². The Morgan fingerprint density at radius 2 is 1.86 bits per heavy atom. The van der Waals surface area contributed by atoms with E-state index in [4.69, 9.17) is 4.98 Å². The van der Waals surface area contributed by atoms with Crippen LogP contribution in [0.4, 0.5) is 11.5 Å². The Balaban J connectivity index is 1.95. The van der Waals surface area contributed by atoms with E-state index in [1.807, 2.05) is 42.6 Å². The zero-order valence-electron chi connectivity index (χ0n) is 11.0. The minimum Gasteiger partial charge on any atom is -0.338 e. The van der Waals surface area contributed by atoms with Crippen LogP contribution < -0.4 is 5.32 Å². The normalized spacial score (nSPS) is 11.1. The molecule has 0 spiro atoms. The molecular weight excluding hydrogens is 375 g/mol. The van der Waals surface area contributed by atoms with Gasteiger partial charge in [0, 0.05) is 20.0 Å². The number of nitrogens with one attached hydrogen (secondary N) is 2. The third kappa shape index (κ3) is 2.23. The molecule has 0 unspecified atom stereocenters. The molecule has 2 aromatic heterocycles. The number of aromatic amines is 1. The molecule has 0 amide bonds. The van der Waals surface area contributed by atoms with E-state index in [2.05, 4.69) is 50.2 Å². The number of aromatic nitrogens is 3. The third-order valence-corrected chi connectivity index (χ3v) is 4.06. The standard InChI is InChI=1S/C16H11IN4/c17-10-6-7-14-12(8-10)13-9-18-21-15(13)16(20-14)19-11-4-2-1-3-5-11/h1-9H,(H,18,21)(H,19,20). The van der Waals surface area contributed by atoms with E-state index in [9.17, 15) is 0 Å². The highest BCUT2D eigenvalue weighted by atomic mass is 127. The van der Waals surface area contributed by atoms with Gasteiger partial charge in [0.2, 0.25) is 0 Å². The molecular formula is C16H11IN4. The lowest BCUT2D eigenvalue weighted by molar-refractivity contribution is 1.12. The van der Waals surface area contributed by atoms with E-state index in [-0.39, 0.29) is 0 Å². The molecule has 4 aromatic rings. The van der Waals surface area contributed by atoms with Crippen LogP contribution in [0.2, 0.25) is 0 Å². The highest BCUT2D eigenvalue weighted by Gasteiger charge is 2.10. The molecule has 0 aliphatic carbocycles. The smallest absolute Gasteiger partial charge is 0.157 e. The predicted octanol–water partition coefficient (Wildman–Crippen LogP) is 4.46. The molecule has 2 N–H and O–H groups in total. The summed E-state index contributed by atoms with van der Waals surface area (Å²) in [6, 6.07) is 16.3. The zero-order valence-corrected chi connectivity index (χ0v) is 13.1. The average molecular weight is 386 g/mol. The molecule has 4 rings (SSSR count). The zero-order chi connectivity index (χ0) is 14.2. The highest BCUT2D eigenvalue weighted by Crippen LogP contribution is 2.30. The summed E-state index contributed by atoms with van der Waals surface area (Å²) in [5.74, 6) is 0.794. The van der Waals surface area contributed by atoms with Gasteiger partial charge < -0.3 is 5.32 Å². The summed E-state index contributed by atoms with van der Waals surface area (Å²) in [6.07, 6.45) is 1.85. The first kappa shape index (κ1) is 12.6. The summed E-state index contributed by atoms with van der Waals surface area (Å²) in [7, 11) is 0. The van der Waals surface area contributed by atoms with Gasteiger partial charge in [0.25, 0.3) is 0 Å². The predicted molar refractivity (Wildman–Crippen MR) is 93.8 cm³/mol. The minimum absolute atomic E-state index is 0.794. The van der Waals surface area contributed by atoms with Crippen molar-refractivity contribution >= 4 is 55.9 Å². The maximum atomic E-state index is 4.73. The van der Waals surface area contributed by atoms with Gasteiger partial charge in [-0.2, -0.15) is 5.10 Å². The van der Waals surface area contributed by atoms with Crippen molar-refractivity contribution in [1.82, 2.24) is 15.2 Å². The summed E-state index contributed by atoms with van der Waals surface area (Å²) < 4.78 is 1.19. The molecule has 0 atom stereocenters. The summed E-state index contributed by atoms with van der Waals surface area (Å²) >= 11 is 2.31. The van der Waals surface area contributed by atoms with Crippen molar-refractivity contribution in [3.05, 3.63) is 58.3 Å². The first-order chi connectivity index (χ1) is 10.3. The molecule has 0 aliphatic rings. The fourth-order valence-electron chi connectivity index (χ4n) is 2.42. The molecule has 2 heterocycles. The van der Waals surface area contributed by atoms with Crippen LogP contribution in [0.15, 0.2) is 54.7 Å². The van der Waals surface area contributed by atoms with Crippen LogP contribution in [0, 0.1) is 3.57 Å². The summed E-state index contributed by atoms with van der Waals surface area (Å²) in [4.78, 5) is 4.73. The fraction of sp³-hybridized carbons (Fsp3) is 0. The maximum Gasteiger partial charge on any atom is 0.157 e. The van der Waals surface area contributed by atoms with Crippen molar-refractivity contribution < 1.29 is 0 Å². The number of anilines is 2. The van der Waals surface area contributed by atoms with Crippen LogP contribution in [0.5, 0.6) is 0 Å². The first-order valence-corrected chi connectivity index (χ1v) is 7.63. The van der Waals surface area contributed by atoms with Gasteiger partial charge in [-0.15, -0.1) is 0 Å². The molecule has 102 valence electrons. The Morgan fingerprint density at radius 3 is 2.71 bits per heavy atom. The second-order valence-electron chi connectivity index (χ2n) is 4.77. The van der Waals surface area contributed by atoms with Crippen molar-refractivity contribution in [2.45, 2.75) is 0 Å². The Bertz CT molecular complexity index is 931. The molecule has 0 saturated heterocycles. The van der Waals surface area contributed by atoms with Gasteiger partial charge in [-0.3, -0.25) is 5.10 Å². The van der Waals surface area contributed by atoms with E-state index in [0.717, 1.165) is 33.3 Å². The lowest BCUT2D eigenvalue weighted by atomic mass is 10.1. The van der Waals surface area contributed by atoms with Crippen LogP contribution in [0.3, 0.4) is 0 Å². The summed E-state index contributed by atoms with van der Waals surface area (Å²) in [6.45, 7) is 0. The lowest BCUT2D eigenvalue weighted by Gasteiger charge is -2.09. The van der Waals surface area contributed by atoms with Gasteiger partial charge in [0.15, 0.2) is 5.82 Å². The molecule has 0 bridgehead atoms. The molecule has 2 aromatic carbocycles. The van der Waals surface area contributed by atoms with Gasteiger partial charge in [-0.1, -0.05) is 18.2 Å². The van der Waals surface area contributed by atoms with Crippen LogP contribution >= 0.6 is 22.6 Å². The van der Waals surface area contributed by atoms with Crippen LogP contribution in [0.1, 0.15) is 0 Å². The Morgan fingerprint density at radius 1 is 1.00 bits per heavy atom. The second kappa shape index (κ2) is 5.00. The Labute approximate surface area is 134 Å². The van der Waals surface area contributed by atoms with Crippen molar-refractivity contribution in [3.63, 3.8) is 0 Å². The van der Waals surface area contributed by atoms with E-state index in [0.29, 0.717) is 0 Å². The highest BCUT2D eigenvalue weighted by molar-refractivity contribution is 14.1. The molecule has 4 nitrogen and oxygen atoms in total. The number of hydrogen-bond acceptors (Lipinski definition) is 3. The first-order valence-electron chi connectivity index (χ1n) is 6.56. The van der Waals surface area contributed by atoms with Gasteiger partial charge in [-0.05, 0) is 52.9 Å². The fourth-order valence-corrected chi connectivity index (χ4v) is 2.91. The third-order valence-electron chi connectivity index (χ3n) is 3.39. The number of rotatable bonds is 2. The van der Waals surface area contributed by atoms with E-state index >= 15 is 0 Å². The van der Waals surface area contributed by atoms with Gasteiger partial charge in [0.1, 0.15) is 5.52 Å². The van der Waals surface area contributed by atoms with Crippen LogP contribution in [-0.2, 0) is 0 Å². The van der Waals surface area contributed by atoms with Crippen LogP contribution in [0.25, 0.3) is 21.8 Å². The summed E-state index contributed by atoms with van der Waals surface area (Å²) in [5.41, 5.74) is 2.89. The number of pyridine rings is 1. The molecule has 0 aliphatic heterocycles. The van der Waals surface area contributed by atoms with Crippen molar-refractivity contribution in [3.8, 4) is 0 Å². The van der Waals surface area contributed by atoms with Crippen molar-refractivity contribution in [2.75, 3.05) is 5.32 Å².